The number of piperidine rings is 1. The Morgan fingerprint density at radius 1 is 1.39 bits per heavy atom. The lowest BCUT2D eigenvalue weighted by Crippen LogP contribution is -2.41. The standard InChI is InChI=1S/C12H19N3O2S/c1-10-4-7-15(8-5-10)18(16,17)14-12-9-11(2)3-6-13-12/h3,6,9-10H,4-5,7-8H2,1-2H3,(H,13,14). The fourth-order valence-corrected chi connectivity index (χ4v) is 3.21. The topological polar surface area (TPSA) is 62.3 Å². The second-order valence-electron chi connectivity index (χ2n) is 4.91. The van der Waals surface area contributed by atoms with Crippen LogP contribution in [0, 0.1) is 12.8 Å². The maximum absolute atomic E-state index is 12.1. The van der Waals surface area contributed by atoms with Gasteiger partial charge in [0, 0.05) is 19.3 Å². The van der Waals surface area contributed by atoms with Crippen LogP contribution in [-0.4, -0.2) is 30.8 Å². The van der Waals surface area contributed by atoms with E-state index in [-0.39, 0.29) is 0 Å². The molecular weight excluding hydrogens is 250 g/mol. The molecule has 0 radical (unpaired) electrons. The van der Waals surface area contributed by atoms with Crippen molar-refractivity contribution in [2.24, 2.45) is 5.92 Å². The number of nitrogens with zero attached hydrogens (tertiary/aromatic N) is 2. The van der Waals surface area contributed by atoms with Crippen molar-refractivity contribution in [2.45, 2.75) is 26.7 Å². The molecule has 5 nitrogen and oxygen atoms in total. The lowest BCUT2D eigenvalue weighted by atomic mass is 10.0. The van der Waals surface area contributed by atoms with E-state index in [9.17, 15) is 8.42 Å². The summed E-state index contributed by atoms with van der Waals surface area (Å²) in [5.41, 5.74) is 0.981. The zero-order chi connectivity index (χ0) is 13.2. The van der Waals surface area contributed by atoms with E-state index in [0.717, 1.165) is 18.4 Å². The second-order valence-corrected chi connectivity index (χ2v) is 6.58. The van der Waals surface area contributed by atoms with E-state index in [1.54, 1.807) is 12.3 Å². The maximum atomic E-state index is 12.1. The van der Waals surface area contributed by atoms with Gasteiger partial charge in [-0.2, -0.15) is 12.7 Å². The van der Waals surface area contributed by atoms with Gasteiger partial charge in [0.15, 0.2) is 0 Å². The summed E-state index contributed by atoms with van der Waals surface area (Å²) in [6, 6.07) is 3.56. The van der Waals surface area contributed by atoms with Crippen molar-refractivity contribution in [3.8, 4) is 0 Å². The number of anilines is 1. The molecule has 0 bridgehead atoms. The first-order chi connectivity index (χ1) is 8.47. The van der Waals surface area contributed by atoms with Gasteiger partial charge in [-0.15, -0.1) is 0 Å². The number of nitrogens with one attached hydrogen (secondary N) is 1. The summed E-state index contributed by atoms with van der Waals surface area (Å²) in [5, 5.41) is 0. The van der Waals surface area contributed by atoms with E-state index in [0.29, 0.717) is 24.8 Å². The van der Waals surface area contributed by atoms with E-state index >= 15 is 0 Å². The molecule has 2 heterocycles. The van der Waals surface area contributed by atoms with Crippen molar-refractivity contribution in [3.63, 3.8) is 0 Å². The lowest BCUT2D eigenvalue weighted by molar-refractivity contribution is 0.289. The smallest absolute Gasteiger partial charge is 0.254 e. The molecule has 1 N–H and O–H groups in total. The summed E-state index contributed by atoms with van der Waals surface area (Å²) < 4.78 is 28.3. The van der Waals surface area contributed by atoms with Gasteiger partial charge < -0.3 is 0 Å². The molecule has 1 aliphatic rings. The van der Waals surface area contributed by atoms with Crippen LogP contribution in [-0.2, 0) is 10.2 Å². The van der Waals surface area contributed by atoms with Crippen LogP contribution in [0.3, 0.4) is 0 Å². The third kappa shape index (κ3) is 3.20. The van der Waals surface area contributed by atoms with Gasteiger partial charge in [-0.05, 0) is 43.4 Å². The number of aryl methyl sites for hydroxylation is 1. The Bertz CT molecular complexity index is 508. The van der Waals surface area contributed by atoms with Crippen LogP contribution in [0.15, 0.2) is 18.3 Å². The molecule has 1 saturated heterocycles. The highest BCUT2D eigenvalue weighted by Gasteiger charge is 2.26. The van der Waals surface area contributed by atoms with E-state index in [1.165, 1.54) is 4.31 Å². The number of pyridine rings is 1. The molecule has 0 aromatic carbocycles. The molecule has 1 aromatic heterocycles. The number of aromatic nitrogens is 1. The molecule has 0 saturated carbocycles. The van der Waals surface area contributed by atoms with Crippen LogP contribution < -0.4 is 4.72 Å². The summed E-state index contributed by atoms with van der Waals surface area (Å²) in [5.74, 6) is 0.988. The first-order valence-electron chi connectivity index (χ1n) is 6.18. The second kappa shape index (κ2) is 5.24. The Kier molecular flexibility index (Phi) is 3.87. The zero-order valence-corrected chi connectivity index (χ0v) is 11.6. The zero-order valence-electron chi connectivity index (χ0n) is 10.8. The summed E-state index contributed by atoms with van der Waals surface area (Å²) in [7, 11) is -3.46. The van der Waals surface area contributed by atoms with Crippen molar-refractivity contribution in [2.75, 3.05) is 17.8 Å². The van der Waals surface area contributed by atoms with Crippen molar-refractivity contribution in [3.05, 3.63) is 23.9 Å². The van der Waals surface area contributed by atoms with Crippen molar-refractivity contribution < 1.29 is 8.42 Å². The SMILES string of the molecule is Cc1ccnc(NS(=O)(=O)N2CCC(C)CC2)c1. The highest BCUT2D eigenvalue weighted by atomic mass is 32.2. The monoisotopic (exact) mass is 269 g/mol. The van der Waals surface area contributed by atoms with Gasteiger partial charge in [-0.25, -0.2) is 4.98 Å². The van der Waals surface area contributed by atoms with E-state index in [4.69, 9.17) is 0 Å². The van der Waals surface area contributed by atoms with Crippen LogP contribution in [0.25, 0.3) is 0 Å². The summed E-state index contributed by atoms with van der Waals surface area (Å²) in [6.07, 6.45) is 3.44. The molecule has 1 aromatic rings. The molecule has 0 amide bonds. The largest absolute Gasteiger partial charge is 0.302 e. The van der Waals surface area contributed by atoms with Crippen molar-refractivity contribution in [1.29, 1.82) is 0 Å². The maximum Gasteiger partial charge on any atom is 0.302 e. The minimum atomic E-state index is -3.46. The Hall–Kier alpha value is -1.14. The van der Waals surface area contributed by atoms with Crippen LogP contribution in [0.4, 0.5) is 5.82 Å². The van der Waals surface area contributed by atoms with Crippen molar-refractivity contribution >= 4 is 16.0 Å². The molecule has 0 aliphatic carbocycles. The minimum absolute atomic E-state index is 0.383. The van der Waals surface area contributed by atoms with Crippen LogP contribution >= 0.6 is 0 Å². The average Bonchev–Trinajstić information content (AvgIpc) is 2.29. The van der Waals surface area contributed by atoms with Gasteiger partial charge >= 0.3 is 10.2 Å². The highest BCUT2D eigenvalue weighted by molar-refractivity contribution is 7.90. The first kappa shape index (κ1) is 13.3. The molecule has 18 heavy (non-hydrogen) atoms. The van der Waals surface area contributed by atoms with Gasteiger partial charge in [0.05, 0.1) is 0 Å². The molecule has 0 atom stereocenters. The van der Waals surface area contributed by atoms with E-state index in [1.807, 2.05) is 13.0 Å². The van der Waals surface area contributed by atoms with E-state index in [2.05, 4.69) is 16.6 Å². The fraction of sp³-hybridized carbons (Fsp3) is 0.583. The van der Waals surface area contributed by atoms with Gasteiger partial charge in [-0.3, -0.25) is 4.72 Å². The summed E-state index contributed by atoms with van der Waals surface area (Å²) in [4.78, 5) is 4.02. The quantitative estimate of drug-likeness (QED) is 0.909. The average molecular weight is 269 g/mol. The minimum Gasteiger partial charge on any atom is -0.254 e. The molecule has 0 spiro atoms. The van der Waals surface area contributed by atoms with Gasteiger partial charge in [0.1, 0.15) is 5.82 Å². The Labute approximate surface area is 108 Å². The molecule has 100 valence electrons. The number of hydrogen-bond acceptors (Lipinski definition) is 3. The first-order valence-corrected chi connectivity index (χ1v) is 7.62. The Balaban J connectivity index is 2.08. The molecular formula is C12H19N3O2S. The van der Waals surface area contributed by atoms with Gasteiger partial charge in [0.2, 0.25) is 0 Å². The third-order valence-electron chi connectivity index (χ3n) is 3.23. The predicted molar refractivity (Wildman–Crippen MR) is 71.5 cm³/mol. The molecule has 2 rings (SSSR count). The summed E-state index contributed by atoms with van der Waals surface area (Å²) >= 11 is 0. The Morgan fingerprint density at radius 2 is 2.06 bits per heavy atom. The Morgan fingerprint density at radius 3 is 2.67 bits per heavy atom. The lowest BCUT2D eigenvalue weighted by Gasteiger charge is -2.29. The molecule has 1 fully saturated rings. The van der Waals surface area contributed by atoms with E-state index < -0.39 is 10.2 Å². The normalized spacial score (nSPS) is 18.8. The third-order valence-corrected chi connectivity index (χ3v) is 4.74. The molecule has 1 aliphatic heterocycles. The van der Waals surface area contributed by atoms with Crippen LogP contribution in [0.2, 0.25) is 0 Å². The fourth-order valence-electron chi connectivity index (χ4n) is 2.01. The summed E-state index contributed by atoms with van der Waals surface area (Å²) in [6.45, 7) is 5.23. The van der Waals surface area contributed by atoms with Crippen LogP contribution in [0.5, 0.6) is 0 Å². The molecule has 0 unspecified atom stereocenters. The van der Waals surface area contributed by atoms with Gasteiger partial charge in [-0.1, -0.05) is 6.92 Å². The van der Waals surface area contributed by atoms with Crippen LogP contribution in [0.1, 0.15) is 25.3 Å². The van der Waals surface area contributed by atoms with Gasteiger partial charge in [0.25, 0.3) is 0 Å². The predicted octanol–water partition coefficient (Wildman–Crippen LogP) is 1.78. The number of rotatable bonds is 3. The van der Waals surface area contributed by atoms with Crippen molar-refractivity contribution in [1.82, 2.24) is 9.29 Å². The molecule has 6 heteroatoms. The highest BCUT2D eigenvalue weighted by Crippen LogP contribution is 2.19. The number of hydrogen-bond donors (Lipinski definition) is 1.